The van der Waals surface area contributed by atoms with Crippen LogP contribution in [0.4, 0.5) is 0 Å². The molecule has 2 heterocycles. The van der Waals surface area contributed by atoms with Crippen LogP contribution in [0.15, 0.2) is 41.8 Å². The quantitative estimate of drug-likeness (QED) is 0.764. The topological polar surface area (TPSA) is 64.1 Å². The molecule has 0 aliphatic heterocycles. The number of hydrogen-bond acceptors (Lipinski definition) is 6. The lowest BCUT2D eigenvalue weighted by Crippen LogP contribution is -2.25. The number of thiophene rings is 1. The fraction of sp³-hybridized carbons (Fsp3) is 0.188. The lowest BCUT2D eigenvalue weighted by molar-refractivity contribution is 0.0939. The van der Waals surface area contributed by atoms with E-state index in [1.165, 1.54) is 11.3 Å². The van der Waals surface area contributed by atoms with Gasteiger partial charge < -0.3 is 10.1 Å². The van der Waals surface area contributed by atoms with E-state index < -0.39 is 0 Å². The number of benzene rings is 1. The van der Waals surface area contributed by atoms with Crippen LogP contribution in [0.1, 0.15) is 27.6 Å². The monoisotopic (exact) mass is 345 g/mol. The molecular weight excluding hydrogens is 330 g/mol. The number of rotatable bonds is 5. The molecule has 0 aliphatic rings. The van der Waals surface area contributed by atoms with Gasteiger partial charge in [0.25, 0.3) is 5.91 Å². The Balaban J connectivity index is 1.71. The molecule has 5 nitrogen and oxygen atoms in total. The third-order valence-electron chi connectivity index (χ3n) is 3.27. The lowest BCUT2D eigenvalue weighted by atomic mass is 10.2. The molecule has 0 bridgehead atoms. The molecule has 3 aromatic rings. The summed E-state index contributed by atoms with van der Waals surface area (Å²) >= 11 is 2.89. The first-order valence-corrected chi connectivity index (χ1v) is 8.69. The van der Waals surface area contributed by atoms with Gasteiger partial charge in [-0.3, -0.25) is 4.79 Å². The fourth-order valence-electron chi connectivity index (χ4n) is 2.03. The maximum atomic E-state index is 12.3. The molecule has 23 heavy (non-hydrogen) atoms. The minimum absolute atomic E-state index is 0.0455. The second kappa shape index (κ2) is 6.89. The molecule has 0 saturated heterocycles. The van der Waals surface area contributed by atoms with Crippen molar-refractivity contribution in [2.24, 2.45) is 0 Å². The van der Waals surface area contributed by atoms with Gasteiger partial charge in [0.05, 0.1) is 13.2 Å². The van der Waals surface area contributed by atoms with Gasteiger partial charge >= 0.3 is 0 Å². The summed E-state index contributed by atoms with van der Waals surface area (Å²) in [5.41, 5.74) is 0.911. The summed E-state index contributed by atoms with van der Waals surface area (Å²) in [6.45, 7) is 1.95. The average molecular weight is 345 g/mol. The van der Waals surface area contributed by atoms with E-state index in [9.17, 15) is 4.79 Å². The first kappa shape index (κ1) is 15.6. The van der Waals surface area contributed by atoms with Crippen LogP contribution in [0.2, 0.25) is 0 Å². The van der Waals surface area contributed by atoms with Crippen molar-refractivity contribution in [3.8, 4) is 16.3 Å². The molecule has 2 aromatic heterocycles. The van der Waals surface area contributed by atoms with Crippen LogP contribution in [0, 0.1) is 0 Å². The van der Waals surface area contributed by atoms with E-state index in [4.69, 9.17) is 4.74 Å². The Morgan fingerprint density at radius 2 is 2.00 bits per heavy atom. The third-order valence-corrected chi connectivity index (χ3v) is 5.30. The second-order valence-corrected chi connectivity index (χ2v) is 6.81. The van der Waals surface area contributed by atoms with Gasteiger partial charge in [0.15, 0.2) is 0 Å². The molecule has 1 N–H and O–H groups in total. The maximum absolute atomic E-state index is 12.3. The summed E-state index contributed by atoms with van der Waals surface area (Å²) in [6, 6.07) is 11.4. The van der Waals surface area contributed by atoms with E-state index in [0.717, 1.165) is 16.2 Å². The van der Waals surface area contributed by atoms with Gasteiger partial charge in [0.2, 0.25) is 5.01 Å². The normalized spacial score (nSPS) is 11.9. The Morgan fingerprint density at radius 3 is 2.65 bits per heavy atom. The molecule has 1 aromatic carbocycles. The van der Waals surface area contributed by atoms with E-state index in [1.807, 2.05) is 48.7 Å². The molecule has 0 fully saturated rings. The number of methoxy groups -OCH3 is 1. The molecule has 1 amide bonds. The van der Waals surface area contributed by atoms with Crippen LogP contribution in [-0.2, 0) is 0 Å². The van der Waals surface area contributed by atoms with Crippen molar-refractivity contribution in [1.82, 2.24) is 15.5 Å². The third kappa shape index (κ3) is 3.57. The van der Waals surface area contributed by atoms with Crippen LogP contribution < -0.4 is 10.1 Å². The number of carbonyl (C=O) groups is 1. The number of nitrogens with zero attached hydrogens (tertiary/aromatic N) is 2. The summed E-state index contributed by atoms with van der Waals surface area (Å²) in [5, 5.41) is 14.1. The number of carbonyl (C=O) groups excluding carboxylic acids is 1. The van der Waals surface area contributed by atoms with E-state index in [-0.39, 0.29) is 11.9 Å². The number of nitrogens with one attached hydrogen (secondary N) is 1. The highest BCUT2D eigenvalue weighted by molar-refractivity contribution is 7.16. The molecule has 0 saturated carbocycles. The Bertz CT molecular complexity index is 782. The summed E-state index contributed by atoms with van der Waals surface area (Å²) < 4.78 is 5.13. The van der Waals surface area contributed by atoms with Crippen molar-refractivity contribution in [2.75, 3.05) is 7.11 Å². The molecule has 0 spiro atoms. The van der Waals surface area contributed by atoms with Gasteiger partial charge in [-0.1, -0.05) is 17.4 Å². The first-order chi connectivity index (χ1) is 11.2. The average Bonchev–Trinajstić information content (AvgIpc) is 3.26. The summed E-state index contributed by atoms with van der Waals surface area (Å²) in [7, 11) is 1.62. The van der Waals surface area contributed by atoms with Crippen molar-refractivity contribution < 1.29 is 9.53 Å². The predicted molar refractivity (Wildman–Crippen MR) is 92.1 cm³/mol. The zero-order valence-electron chi connectivity index (χ0n) is 12.6. The Hall–Kier alpha value is -2.25. The van der Waals surface area contributed by atoms with Gasteiger partial charge in [-0.2, -0.15) is 0 Å². The number of aromatic nitrogens is 2. The van der Waals surface area contributed by atoms with Crippen molar-refractivity contribution in [2.45, 2.75) is 13.0 Å². The van der Waals surface area contributed by atoms with E-state index in [0.29, 0.717) is 10.0 Å². The van der Waals surface area contributed by atoms with Crippen molar-refractivity contribution in [3.05, 3.63) is 51.7 Å². The molecule has 0 unspecified atom stereocenters. The van der Waals surface area contributed by atoms with Gasteiger partial charge in [0, 0.05) is 10.4 Å². The zero-order valence-corrected chi connectivity index (χ0v) is 14.3. The lowest BCUT2D eigenvalue weighted by Gasteiger charge is -2.10. The maximum Gasteiger partial charge on any atom is 0.282 e. The standard InChI is InChI=1S/C16H15N3O2S2/c1-10(13-4-3-9-22-13)17-14(20)16-19-18-15(23-16)11-5-7-12(21-2)8-6-11/h3-10H,1-2H3,(H,17,20)/t10-/m1/s1. The van der Waals surface area contributed by atoms with E-state index in [2.05, 4.69) is 15.5 Å². The molecule has 0 radical (unpaired) electrons. The van der Waals surface area contributed by atoms with Crippen LogP contribution in [0.25, 0.3) is 10.6 Å². The summed E-state index contributed by atoms with van der Waals surface area (Å²) in [6.07, 6.45) is 0. The molecule has 0 aliphatic carbocycles. The highest BCUT2D eigenvalue weighted by Gasteiger charge is 2.17. The smallest absolute Gasteiger partial charge is 0.282 e. The van der Waals surface area contributed by atoms with Crippen LogP contribution in [0.5, 0.6) is 5.75 Å². The highest BCUT2D eigenvalue weighted by Crippen LogP contribution is 2.26. The molecule has 118 valence electrons. The predicted octanol–water partition coefficient (Wildman–Crippen LogP) is 3.77. The van der Waals surface area contributed by atoms with Crippen LogP contribution in [0.3, 0.4) is 0 Å². The van der Waals surface area contributed by atoms with Crippen LogP contribution in [-0.4, -0.2) is 23.2 Å². The minimum atomic E-state index is -0.205. The minimum Gasteiger partial charge on any atom is -0.497 e. The van der Waals surface area contributed by atoms with Gasteiger partial charge in [0.1, 0.15) is 10.8 Å². The van der Waals surface area contributed by atoms with E-state index >= 15 is 0 Å². The van der Waals surface area contributed by atoms with Crippen molar-refractivity contribution in [1.29, 1.82) is 0 Å². The molecular formula is C16H15N3O2S2. The van der Waals surface area contributed by atoms with Crippen molar-refractivity contribution in [3.63, 3.8) is 0 Å². The van der Waals surface area contributed by atoms with Gasteiger partial charge in [-0.15, -0.1) is 21.5 Å². The highest BCUT2D eigenvalue weighted by atomic mass is 32.1. The number of hydrogen-bond donors (Lipinski definition) is 1. The second-order valence-electron chi connectivity index (χ2n) is 4.85. The number of amides is 1. The first-order valence-electron chi connectivity index (χ1n) is 6.99. The Kier molecular flexibility index (Phi) is 4.68. The van der Waals surface area contributed by atoms with Gasteiger partial charge in [-0.05, 0) is 42.6 Å². The Morgan fingerprint density at radius 1 is 1.22 bits per heavy atom. The number of ether oxygens (including phenoxy) is 1. The fourth-order valence-corrected chi connectivity index (χ4v) is 3.52. The Labute approximate surface area is 142 Å². The molecule has 1 atom stereocenters. The summed E-state index contributed by atoms with van der Waals surface area (Å²) in [4.78, 5) is 13.4. The van der Waals surface area contributed by atoms with Gasteiger partial charge in [-0.25, -0.2) is 0 Å². The molecule has 3 rings (SSSR count). The molecule has 7 heteroatoms. The van der Waals surface area contributed by atoms with Crippen molar-refractivity contribution >= 4 is 28.6 Å². The van der Waals surface area contributed by atoms with E-state index in [1.54, 1.807) is 18.4 Å². The zero-order chi connectivity index (χ0) is 16.2. The summed E-state index contributed by atoms with van der Waals surface area (Å²) in [5.74, 6) is 0.573. The van der Waals surface area contributed by atoms with Crippen LogP contribution >= 0.6 is 22.7 Å². The SMILES string of the molecule is COc1ccc(-c2nnc(C(=O)N[C@H](C)c3cccs3)s2)cc1. The largest absolute Gasteiger partial charge is 0.497 e.